The van der Waals surface area contributed by atoms with Gasteiger partial charge in [0.05, 0.1) is 5.02 Å². The van der Waals surface area contributed by atoms with E-state index in [1.807, 2.05) is 6.07 Å². The summed E-state index contributed by atoms with van der Waals surface area (Å²) in [5.41, 5.74) is 0.626. The second-order valence-electron chi connectivity index (χ2n) is 4.15. The highest BCUT2D eigenvalue weighted by atomic mass is 127. The summed E-state index contributed by atoms with van der Waals surface area (Å²) in [6.07, 6.45) is 2.15. The Balaban J connectivity index is 0.00000162. The zero-order chi connectivity index (χ0) is 12.3. The molecule has 1 aromatic carbocycles. The fourth-order valence-electron chi connectivity index (χ4n) is 1.88. The molecule has 1 atom stereocenters. The van der Waals surface area contributed by atoms with Gasteiger partial charge in [0.25, 0.3) is 5.91 Å². The van der Waals surface area contributed by atoms with E-state index in [1.54, 1.807) is 12.1 Å². The largest absolute Gasteiger partial charge is 0.348 e. The van der Waals surface area contributed by atoms with E-state index in [0.717, 1.165) is 29.5 Å². The Kier molecular flexibility index (Phi) is 6.70. The van der Waals surface area contributed by atoms with E-state index >= 15 is 0 Å². The van der Waals surface area contributed by atoms with Crippen LogP contribution in [0, 0.1) is 3.57 Å². The molecule has 0 radical (unpaired) electrons. The quantitative estimate of drug-likeness (QED) is 0.749. The van der Waals surface area contributed by atoms with Gasteiger partial charge >= 0.3 is 0 Å². The molecule has 1 fully saturated rings. The van der Waals surface area contributed by atoms with Crippen LogP contribution < -0.4 is 10.6 Å². The molecule has 0 saturated carbocycles. The fraction of sp³-hybridized carbons (Fsp3) is 0.417. The number of nitrogens with one attached hydrogen (secondary N) is 2. The van der Waals surface area contributed by atoms with Gasteiger partial charge in [0.15, 0.2) is 0 Å². The van der Waals surface area contributed by atoms with E-state index in [9.17, 15) is 4.79 Å². The highest BCUT2D eigenvalue weighted by Crippen LogP contribution is 2.19. The number of hydrogen-bond donors (Lipinski definition) is 2. The van der Waals surface area contributed by atoms with Crippen LogP contribution >= 0.6 is 46.6 Å². The topological polar surface area (TPSA) is 41.1 Å². The van der Waals surface area contributed by atoms with Crippen molar-refractivity contribution < 1.29 is 4.79 Å². The number of piperidine rings is 1. The molecule has 2 rings (SSSR count). The van der Waals surface area contributed by atoms with Gasteiger partial charge in [-0.05, 0) is 60.2 Å². The minimum atomic E-state index is -0.0444. The Morgan fingerprint density at radius 1 is 1.50 bits per heavy atom. The first kappa shape index (κ1) is 16.0. The summed E-state index contributed by atoms with van der Waals surface area (Å²) in [6.45, 7) is 1.89. The van der Waals surface area contributed by atoms with Gasteiger partial charge in [0.2, 0.25) is 0 Å². The van der Waals surface area contributed by atoms with Crippen LogP contribution in [0.2, 0.25) is 5.02 Å². The molecule has 1 aliphatic rings. The van der Waals surface area contributed by atoms with E-state index in [-0.39, 0.29) is 24.4 Å². The van der Waals surface area contributed by atoms with Crippen LogP contribution in [0.4, 0.5) is 0 Å². The summed E-state index contributed by atoms with van der Waals surface area (Å²) in [6, 6.07) is 5.61. The average molecular weight is 401 g/mol. The molecule has 0 aliphatic carbocycles. The van der Waals surface area contributed by atoms with Crippen molar-refractivity contribution in [3.63, 3.8) is 0 Å². The summed E-state index contributed by atoms with van der Waals surface area (Å²) >= 11 is 8.15. The highest BCUT2D eigenvalue weighted by molar-refractivity contribution is 14.1. The van der Waals surface area contributed by atoms with Crippen LogP contribution in [0.15, 0.2) is 18.2 Å². The molecule has 3 nitrogen and oxygen atoms in total. The summed E-state index contributed by atoms with van der Waals surface area (Å²) in [7, 11) is 0. The van der Waals surface area contributed by atoms with Crippen molar-refractivity contribution in [1.82, 2.24) is 10.6 Å². The Hall–Kier alpha value is -0.0400. The number of carbonyl (C=O) groups excluding carboxylic acids is 1. The number of carbonyl (C=O) groups is 1. The van der Waals surface area contributed by atoms with Crippen LogP contribution in [-0.4, -0.2) is 25.0 Å². The third-order valence-corrected chi connectivity index (χ3v) is 4.39. The van der Waals surface area contributed by atoms with E-state index in [2.05, 4.69) is 33.2 Å². The fourth-order valence-corrected chi connectivity index (χ4v) is 2.40. The van der Waals surface area contributed by atoms with Crippen molar-refractivity contribution >= 4 is 52.5 Å². The van der Waals surface area contributed by atoms with Gasteiger partial charge in [-0.3, -0.25) is 4.79 Å². The van der Waals surface area contributed by atoms with Gasteiger partial charge in [-0.1, -0.05) is 11.6 Å². The molecule has 0 bridgehead atoms. The number of amides is 1. The van der Waals surface area contributed by atoms with Crippen molar-refractivity contribution in [2.24, 2.45) is 0 Å². The first-order valence-electron chi connectivity index (χ1n) is 5.63. The molecule has 2 N–H and O–H groups in total. The maximum absolute atomic E-state index is 12.0. The maximum atomic E-state index is 12.0. The average Bonchev–Trinajstić information content (AvgIpc) is 2.34. The second-order valence-corrected chi connectivity index (χ2v) is 5.72. The molecule has 6 heteroatoms. The number of hydrogen-bond acceptors (Lipinski definition) is 2. The zero-order valence-electron chi connectivity index (χ0n) is 9.71. The molecule has 1 aromatic rings. The molecule has 1 aliphatic heterocycles. The predicted molar refractivity (Wildman–Crippen MR) is 84.8 cm³/mol. The normalized spacial score (nSPS) is 18.9. The SMILES string of the molecule is Cl.O=C(NC1CCCNC1)c1ccc(I)c(Cl)c1. The third-order valence-electron chi connectivity index (χ3n) is 2.81. The molecular formula is C12H15Cl2IN2O. The lowest BCUT2D eigenvalue weighted by atomic mass is 10.1. The van der Waals surface area contributed by atoms with Gasteiger partial charge in [0.1, 0.15) is 0 Å². The van der Waals surface area contributed by atoms with Crippen LogP contribution in [0.1, 0.15) is 23.2 Å². The Labute approximate surface area is 132 Å². The smallest absolute Gasteiger partial charge is 0.251 e. The molecule has 0 aromatic heterocycles. The Morgan fingerprint density at radius 2 is 2.28 bits per heavy atom. The number of benzene rings is 1. The predicted octanol–water partition coefficient (Wildman–Crippen LogP) is 2.85. The molecule has 0 spiro atoms. The lowest BCUT2D eigenvalue weighted by Gasteiger charge is -2.23. The van der Waals surface area contributed by atoms with Gasteiger partial charge in [0, 0.05) is 21.7 Å². The summed E-state index contributed by atoms with van der Waals surface area (Å²) in [5.74, 6) is -0.0444. The Bertz CT molecular complexity index is 423. The van der Waals surface area contributed by atoms with E-state index in [0.29, 0.717) is 10.6 Å². The van der Waals surface area contributed by atoms with Gasteiger partial charge in [-0.25, -0.2) is 0 Å². The monoisotopic (exact) mass is 400 g/mol. The molecule has 1 amide bonds. The summed E-state index contributed by atoms with van der Waals surface area (Å²) < 4.78 is 0.958. The van der Waals surface area contributed by atoms with Crippen LogP contribution in [0.25, 0.3) is 0 Å². The minimum absolute atomic E-state index is 0. The molecular weight excluding hydrogens is 386 g/mol. The second kappa shape index (κ2) is 7.53. The maximum Gasteiger partial charge on any atom is 0.251 e. The zero-order valence-corrected chi connectivity index (χ0v) is 13.4. The van der Waals surface area contributed by atoms with Gasteiger partial charge in [-0.15, -0.1) is 12.4 Å². The summed E-state index contributed by atoms with van der Waals surface area (Å²) in [4.78, 5) is 12.0. The van der Waals surface area contributed by atoms with Crippen molar-refractivity contribution in [1.29, 1.82) is 0 Å². The number of rotatable bonds is 2. The van der Waals surface area contributed by atoms with Crippen LogP contribution in [0.3, 0.4) is 0 Å². The van der Waals surface area contributed by atoms with E-state index in [4.69, 9.17) is 11.6 Å². The molecule has 18 heavy (non-hydrogen) atoms. The van der Waals surface area contributed by atoms with Crippen molar-refractivity contribution in [3.05, 3.63) is 32.4 Å². The van der Waals surface area contributed by atoms with Crippen molar-refractivity contribution in [2.75, 3.05) is 13.1 Å². The minimum Gasteiger partial charge on any atom is -0.348 e. The Morgan fingerprint density at radius 3 is 2.89 bits per heavy atom. The third kappa shape index (κ3) is 4.26. The van der Waals surface area contributed by atoms with Crippen molar-refractivity contribution in [3.8, 4) is 0 Å². The van der Waals surface area contributed by atoms with Crippen LogP contribution in [0.5, 0.6) is 0 Å². The molecule has 1 unspecified atom stereocenters. The number of halogens is 3. The lowest BCUT2D eigenvalue weighted by Crippen LogP contribution is -2.45. The molecule has 1 saturated heterocycles. The van der Waals surface area contributed by atoms with E-state index < -0.39 is 0 Å². The van der Waals surface area contributed by atoms with Gasteiger partial charge in [-0.2, -0.15) is 0 Å². The highest BCUT2D eigenvalue weighted by Gasteiger charge is 2.16. The van der Waals surface area contributed by atoms with Gasteiger partial charge < -0.3 is 10.6 Å². The lowest BCUT2D eigenvalue weighted by molar-refractivity contribution is 0.0930. The standard InChI is InChI=1S/C12H14ClIN2O.ClH/c13-10-6-8(3-4-11(10)14)12(17)16-9-2-1-5-15-7-9;/h3-4,6,9,15H,1-2,5,7H2,(H,16,17);1H. The molecule has 100 valence electrons. The first-order valence-corrected chi connectivity index (χ1v) is 7.09. The first-order chi connectivity index (χ1) is 8.16. The van der Waals surface area contributed by atoms with E-state index in [1.165, 1.54) is 0 Å². The molecule has 1 heterocycles. The van der Waals surface area contributed by atoms with Crippen LogP contribution in [-0.2, 0) is 0 Å². The van der Waals surface area contributed by atoms with Crippen molar-refractivity contribution in [2.45, 2.75) is 18.9 Å². The summed E-state index contributed by atoms with van der Waals surface area (Å²) in [5, 5.41) is 6.91.